The summed E-state index contributed by atoms with van der Waals surface area (Å²) in [4.78, 5) is 0. The van der Waals surface area contributed by atoms with E-state index in [9.17, 15) is 0 Å². The van der Waals surface area contributed by atoms with E-state index in [-0.39, 0.29) is 12.4 Å². The quantitative estimate of drug-likeness (QED) is 0.883. The van der Waals surface area contributed by atoms with Crippen LogP contribution in [0.4, 0.5) is 5.69 Å². The normalized spacial score (nSPS) is 17.5. The Morgan fingerprint density at radius 1 is 1.00 bits per heavy atom. The molecule has 0 spiro atoms. The first-order chi connectivity index (χ1) is 9.42. The van der Waals surface area contributed by atoms with Crippen LogP contribution in [-0.2, 0) is 6.54 Å². The van der Waals surface area contributed by atoms with Crippen LogP contribution < -0.4 is 10.6 Å². The molecular formula is C17H21ClN2. The molecule has 2 nitrogen and oxygen atoms in total. The second kappa shape index (κ2) is 7.32. The zero-order chi connectivity index (χ0) is 12.9. The van der Waals surface area contributed by atoms with Crippen LogP contribution in [0.5, 0.6) is 0 Å². The Kier molecular flexibility index (Phi) is 5.45. The molecule has 106 valence electrons. The van der Waals surface area contributed by atoms with Gasteiger partial charge in [-0.25, -0.2) is 0 Å². The van der Waals surface area contributed by atoms with E-state index in [0.717, 1.165) is 13.1 Å². The van der Waals surface area contributed by atoms with Gasteiger partial charge in [-0.3, -0.25) is 0 Å². The highest BCUT2D eigenvalue weighted by Gasteiger charge is 2.15. The van der Waals surface area contributed by atoms with Gasteiger partial charge in [0.05, 0.1) is 0 Å². The fraction of sp³-hybridized carbons (Fsp3) is 0.294. The van der Waals surface area contributed by atoms with E-state index in [1.807, 2.05) is 6.07 Å². The van der Waals surface area contributed by atoms with Crippen molar-refractivity contribution in [1.82, 2.24) is 5.32 Å². The molecule has 2 aromatic carbocycles. The maximum absolute atomic E-state index is 3.53. The van der Waals surface area contributed by atoms with E-state index >= 15 is 0 Å². The van der Waals surface area contributed by atoms with Gasteiger partial charge in [0.2, 0.25) is 0 Å². The van der Waals surface area contributed by atoms with Crippen LogP contribution in [0, 0.1) is 0 Å². The Morgan fingerprint density at radius 2 is 1.75 bits per heavy atom. The maximum atomic E-state index is 3.53. The Labute approximate surface area is 127 Å². The number of rotatable bonds is 4. The van der Waals surface area contributed by atoms with Crippen molar-refractivity contribution >= 4 is 18.1 Å². The highest BCUT2D eigenvalue weighted by Crippen LogP contribution is 2.24. The molecule has 0 aliphatic carbocycles. The molecule has 2 N–H and O–H groups in total. The summed E-state index contributed by atoms with van der Waals surface area (Å²) in [6, 6.07) is 19.9. The molecule has 0 aromatic heterocycles. The van der Waals surface area contributed by atoms with Crippen LogP contribution in [-0.4, -0.2) is 6.54 Å². The lowest BCUT2D eigenvalue weighted by Crippen LogP contribution is -2.12. The molecule has 0 amide bonds. The Hall–Kier alpha value is -1.51. The lowest BCUT2D eigenvalue weighted by Gasteiger charge is -2.12. The fourth-order valence-electron chi connectivity index (χ4n) is 2.60. The van der Waals surface area contributed by atoms with Gasteiger partial charge in [-0.1, -0.05) is 42.5 Å². The summed E-state index contributed by atoms with van der Waals surface area (Å²) in [6.07, 6.45) is 2.55. The molecule has 3 rings (SSSR count). The molecule has 1 aliphatic rings. The van der Waals surface area contributed by atoms with Crippen molar-refractivity contribution in [2.24, 2.45) is 0 Å². The Morgan fingerprint density at radius 3 is 2.40 bits per heavy atom. The van der Waals surface area contributed by atoms with Gasteiger partial charge in [-0.2, -0.15) is 0 Å². The molecular weight excluding hydrogens is 268 g/mol. The average molecular weight is 289 g/mol. The van der Waals surface area contributed by atoms with Crippen molar-refractivity contribution in [3.63, 3.8) is 0 Å². The topological polar surface area (TPSA) is 24.1 Å². The molecule has 0 bridgehead atoms. The van der Waals surface area contributed by atoms with E-state index in [2.05, 4.69) is 59.2 Å². The van der Waals surface area contributed by atoms with Gasteiger partial charge in [0.15, 0.2) is 0 Å². The lowest BCUT2D eigenvalue weighted by atomic mass is 10.1. The second-order valence-electron chi connectivity index (χ2n) is 5.11. The maximum Gasteiger partial charge on any atom is 0.0400 e. The van der Waals surface area contributed by atoms with Crippen molar-refractivity contribution in [3.05, 3.63) is 65.7 Å². The van der Waals surface area contributed by atoms with Crippen LogP contribution in [0.2, 0.25) is 0 Å². The second-order valence-corrected chi connectivity index (χ2v) is 5.11. The van der Waals surface area contributed by atoms with Crippen LogP contribution in [0.15, 0.2) is 54.6 Å². The number of halogens is 1. The van der Waals surface area contributed by atoms with E-state index in [1.165, 1.54) is 29.7 Å². The predicted molar refractivity (Wildman–Crippen MR) is 87.4 cm³/mol. The summed E-state index contributed by atoms with van der Waals surface area (Å²) < 4.78 is 0. The van der Waals surface area contributed by atoms with E-state index < -0.39 is 0 Å². The monoisotopic (exact) mass is 288 g/mol. The first-order valence-electron chi connectivity index (χ1n) is 7.03. The molecule has 1 atom stereocenters. The highest BCUT2D eigenvalue weighted by molar-refractivity contribution is 5.85. The summed E-state index contributed by atoms with van der Waals surface area (Å²) in [5.74, 6) is 0. The number of hydrogen-bond acceptors (Lipinski definition) is 2. The van der Waals surface area contributed by atoms with Gasteiger partial charge in [0.1, 0.15) is 0 Å². The molecule has 0 unspecified atom stereocenters. The molecule has 20 heavy (non-hydrogen) atoms. The van der Waals surface area contributed by atoms with Crippen molar-refractivity contribution in [2.45, 2.75) is 25.4 Å². The standard InChI is InChI=1S/C17H20N2.ClH/c1-2-5-14(6-3-1)13-19-16-10-8-15(9-11-16)17-7-4-12-18-17;/h1-3,5-6,8-11,17-19H,4,7,12-13H2;1H/t17-;/m1./s1. The van der Waals surface area contributed by atoms with Gasteiger partial charge >= 0.3 is 0 Å². The van der Waals surface area contributed by atoms with Crippen LogP contribution in [0.25, 0.3) is 0 Å². The molecule has 0 saturated carbocycles. The van der Waals surface area contributed by atoms with Gasteiger partial charge in [-0.05, 0) is 42.6 Å². The van der Waals surface area contributed by atoms with Crippen LogP contribution in [0.3, 0.4) is 0 Å². The van der Waals surface area contributed by atoms with E-state index in [4.69, 9.17) is 0 Å². The zero-order valence-electron chi connectivity index (χ0n) is 11.5. The van der Waals surface area contributed by atoms with Gasteiger partial charge in [-0.15, -0.1) is 12.4 Å². The van der Waals surface area contributed by atoms with Crippen LogP contribution >= 0.6 is 12.4 Å². The predicted octanol–water partition coefficient (Wildman–Crippen LogP) is 4.15. The Bertz CT molecular complexity index is 504. The first-order valence-corrected chi connectivity index (χ1v) is 7.03. The lowest BCUT2D eigenvalue weighted by molar-refractivity contribution is 0.648. The molecule has 1 aliphatic heterocycles. The van der Waals surface area contributed by atoms with Gasteiger partial charge in [0, 0.05) is 18.3 Å². The molecule has 3 heteroatoms. The third kappa shape index (κ3) is 3.75. The summed E-state index contributed by atoms with van der Waals surface area (Å²) in [6.45, 7) is 2.03. The summed E-state index contributed by atoms with van der Waals surface area (Å²) in [7, 11) is 0. The summed E-state index contributed by atoms with van der Waals surface area (Å²) in [5, 5.41) is 6.99. The van der Waals surface area contributed by atoms with Crippen LogP contribution in [0.1, 0.15) is 30.0 Å². The van der Waals surface area contributed by atoms with Gasteiger partial charge < -0.3 is 10.6 Å². The van der Waals surface area contributed by atoms with Crippen molar-refractivity contribution in [1.29, 1.82) is 0 Å². The number of benzene rings is 2. The SMILES string of the molecule is Cl.c1ccc(CNc2ccc([C@H]3CCCN3)cc2)cc1. The average Bonchev–Trinajstić information content (AvgIpc) is 3.01. The zero-order valence-corrected chi connectivity index (χ0v) is 12.3. The number of anilines is 1. The summed E-state index contributed by atoms with van der Waals surface area (Å²) >= 11 is 0. The highest BCUT2D eigenvalue weighted by atomic mass is 35.5. The van der Waals surface area contributed by atoms with Crippen molar-refractivity contribution in [3.8, 4) is 0 Å². The smallest absolute Gasteiger partial charge is 0.0400 e. The fourth-order valence-corrected chi connectivity index (χ4v) is 2.60. The molecule has 2 aromatic rings. The molecule has 0 radical (unpaired) electrons. The largest absolute Gasteiger partial charge is 0.381 e. The third-order valence-corrected chi connectivity index (χ3v) is 3.71. The minimum Gasteiger partial charge on any atom is -0.381 e. The molecule has 1 heterocycles. The first kappa shape index (κ1) is 14.9. The van der Waals surface area contributed by atoms with Gasteiger partial charge in [0.25, 0.3) is 0 Å². The minimum absolute atomic E-state index is 0. The Balaban J connectivity index is 0.00000147. The molecule has 1 fully saturated rings. The van der Waals surface area contributed by atoms with E-state index in [1.54, 1.807) is 0 Å². The number of nitrogens with one attached hydrogen (secondary N) is 2. The molecule has 1 saturated heterocycles. The van der Waals surface area contributed by atoms with E-state index in [0.29, 0.717) is 6.04 Å². The third-order valence-electron chi connectivity index (χ3n) is 3.71. The van der Waals surface area contributed by atoms with Crippen molar-refractivity contribution < 1.29 is 0 Å². The summed E-state index contributed by atoms with van der Waals surface area (Å²) in [5.41, 5.74) is 3.90. The number of hydrogen-bond donors (Lipinski definition) is 2. The minimum atomic E-state index is 0. The van der Waals surface area contributed by atoms with Crippen molar-refractivity contribution in [2.75, 3.05) is 11.9 Å².